The fourth-order valence-corrected chi connectivity index (χ4v) is 3.89. The smallest absolute Gasteiger partial charge is 0.262 e. The molecule has 0 atom stereocenters. The number of aryl methyl sites for hydroxylation is 1. The lowest BCUT2D eigenvalue weighted by atomic mass is 10.1. The van der Waals surface area contributed by atoms with E-state index in [0.29, 0.717) is 22.7 Å². The van der Waals surface area contributed by atoms with Crippen LogP contribution in [-0.4, -0.2) is 18.4 Å². The molecule has 0 saturated heterocycles. The van der Waals surface area contributed by atoms with Crippen LogP contribution in [0.2, 0.25) is 0 Å². The summed E-state index contributed by atoms with van der Waals surface area (Å²) in [4.78, 5) is 25.4. The van der Waals surface area contributed by atoms with Crippen molar-refractivity contribution in [2.24, 2.45) is 0 Å². The molecule has 4 aromatic rings. The standard InChI is InChI=1S/C28H24BrN3O3/c1-19-17-20(29)11-16-26(19)35-18-27(33)32-25-10-6-5-9-24(25)28(34)31-23-14-12-22(13-15-23)30-21-7-3-2-4-8-21/h2-17,30H,18H2,1H3,(H,31,34)(H,32,33). The zero-order valence-corrected chi connectivity index (χ0v) is 20.6. The summed E-state index contributed by atoms with van der Waals surface area (Å²) in [6.07, 6.45) is 0. The Hall–Kier alpha value is -4.10. The molecule has 0 aromatic heterocycles. The van der Waals surface area contributed by atoms with Crippen LogP contribution in [0.25, 0.3) is 0 Å². The van der Waals surface area contributed by atoms with Crippen LogP contribution in [0.4, 0.5) is 22.7 Å². The Morgan fingerprint density at radius 1 is 0.771 bits per heavy atom. The van der Waals surface area contributed by atoms with Gasteiger partial charge in [0.15, 0.2) is 6.61 Å². The van der Waals surface area contributed by atoms with Crippen LogP contribution in [-0.2, 0) is 4.79 Å². The van der Waals surface area contributed by atoms with Crippen LogP contribution in [0.3, 0.4) is 0 Å². The van der Waals surface area contributed by atoms with Gasteiger partial charge >= 0.3 is 0 Å². The van der Waals surface area contributed by atoms with Crippen molar-refractivity contribution in [3.63, 3.8) is 0 Å². The van der Waals surface area contributed by atoms with Gasteiger partial charge in [-0.15, -0.1) is 0 Å². The average Bonchev–Trinajstić information content (AvgIpc) is 2.85. The third-order valence-electron chi connectivity index (χ3n) is 5.15. The van der Waals surface area contributed by atoms with Gasteiger partial charge in [-0.25, -0.2) is 0 Å². The van der Waals surface area contributed by atoms with E-state index in [9.17, 15) is 9.59 Å². The lowest BCUT2D eigenvalue weighted by Gasteiger charge is -2.13. The molecule has 0 aliphatic heterocycles. The number of rotatable bonds is 8. The minimum Gasteiger partial charge on any atom is -0.483 e. The Morgan fingerprint density at radius 2 is 1.43 bits per heavy atom. The summed E-state index contributed by atoms with van der Waals surface area (Å²) in [6.45, 7) is 1.73. The quantitative estimate of drug-likeness (QED) is 0.235. The molecule has 7 heteroatoms. The van der Waals surface area contributed by atoms with Gasteiger partial charge in [0.05, 0.1) is 11.3 Å². The van der Waals surface area contributed by atoms with Crippen molar-refractivity contribution in [3.8, 4) is 5.75 Å². The largest absolute Gasteiger partial charge is 0.483 e. The molecule has 3 N–H and O–H groups in total. The summed E-state index contributed by atoms with van der Waals surface area (Å²) in [5.74, 6) is -0.0576. The summed E-state index contributed by atoms with van der Waals surface area (Å²) in [5, 5.41) is 8.95. The normalized spacial score (nSPS) is 10.3. The first-order valence-corrected chi connectivity index (χ1v) is 11.8. The van der Waals surface area contributed by atoms with E-state index in [-0.39, 0.29) is 18.4 Å². The number of benzene rings is 4. The predicted molar refractivity (Wildman–Crippen MR) is 144 cm³/mol. The highest BCUT2D eigenvalue weighted by atomic mass is 79.9. The molecule has 0 radical (unpaired) electrons. The maximum atomic E-state index is 12.9. The molecule has 0 heterocycles. The molecule has 0 unspecified atom stereocenters. The van der Waals surface area contributed by atoms with Gasteiger partial charge in [-0.3, -0.25) is 9.59 Å². The summed E-state index contributed by atoms with van der Waals surface area (Å²) in [7, 11) is 0. The van der Waals surface area contributed by atoms with Gasteiger partial charge in [-0.2, -0.15) is 0 Å². The molecule has 4 aromatic carbocycles. The molecule has 0 fully saturated rings. The molecule has 2 amide bonds. The third kappa shape index (κ3) is 6.71. The molecule has 35 heavy (non-hydrogen) atoms. The number of anilines is 4. The number of nitrogens with one attached hydrogen (secondary N) is 3. The third-order valence-corrected chi connectivity index (χ3v) is 5.64. The van der Waals surface area contributed by atoms with Crippen LogP contribution in [0.1, 0.15) is 15.9 Å². The van der Waals surface area contributed by atoms with Crippen molar-refractivity contribution in [2.75, 3.05) is 22.6 Å². The first-order valence-electron chi connectivity index (χ1n) is 11.0. The minimum atomic E-state index is -0.357. The number of carbonyl (C=O) groups excluding carboxylic acids is 2. The van der Waals surface area contributed by atoms with E-state index >= 15 is 0 Å². The lowest BCUT2D eigenvalue weighted by molar-refractivity contribution is -0.118. The van der Waals surface area contributed by atoms with E-state index in [4.69, 9.17) is 4.74 Å². The fraction of sp³-hybridized carbons (Fsp3) is 0.0714. The second-order valence-electron chi connectivity index (χ2n) is 7.81. The Labute approximate surface area is 212 Å². The number of halogens is 1. The molecule has 0 saturated carbocycles. The van der Waals surface area contributed by atoms with Crippen molar-refractivity contribution in [2.45, 2.75) is 6.92 Å². The Kier molecular flexibility index (Phi) is 7.80. The van der Waals surface area contributed by atoms with Crippen molar-refractivity contribution in [3.05, 3.63) is 113 Å². The molecule has 176 valence electrons. The van der Waals surface area contributed by atoms with Gasteiger partial charge in [0.25, 0.3) is 11.8 Å². The summed E-state index contributed by atoms with van der Waals surface area (Å²) >= 11 is 3.41. The number of para-hydroxylation sites is 2. The summed E-state index contributed by atoms with van der Waals surface area (Å²) < 4.78 is 6.57. The van der Waals surface area contributed by atoms with Gasteiger partial charge in [-0.1, -0.05) is 46.3 Å². The van der Waals surface area contributed by atoms with Crippen molar-refractivity contribution in [1.82, 2.24) is 0 Å². The van der Waals surface area contributed by atoms with E-state index in [2.05, 4.69) is 31.9 Å². The van der Waals surface area contributed by atoms with Crippen LogP contribution in [0, 0.1) is 6.92 Å². The topological polar surface area (TPSA) is 79.5 Å². The van der Waals surface area contributed by atoms with Gasteiger partial charge in [0, 0.05) is 21.5 Å². The first-order chi connectivity index (χ1) is 17.0. The number of hydrogen-bond acceptors (Lipinski definition) is 4. The Bertz CT molecular complexity index is 1330. The second-order valence-corrected chi connectivity index (χ2v) is 8.73. The molecular weight excluding hydrogens is 506 g/mol. The second kappa shape index (κ2) is 11.4. The zero-order chi connectivity index (χ0) is 24.6. The maximum absolute atomic E-state index is 12.9. The first kappa shape index (κ1) is 24.0. The maximum Gasteiger partial charge on any atom is 0.262 e. The fourth-order valence-electron chi connectivity index (χ4n) is 3.42. The minimum absolute atomic E-state index is 0.172. The molecule has 0 aliphatic carbocycles. The molecule has 4 rings (SSSR count). The van der Waals surface area contributed by atoms with Crippen molar-refractivity contribution in [1.29, 1.82) is 0 Å². The molecular formula is C28H24BrN3O3. The van der Waals surface area contributed by atoms with Gasteiger partial charge < -0.3 is 20.7 Å². The highest BCUT2D eigenvalue weighted by Crippen LogP contribution is 2.23. The van der Waals surface area contributed by atoms with E-state index in [1.54, 1.807) is 30.3 Å². The monoisotopic (exact) mass is 529 g/mol. The highest BCUT2D eigenvalue weighted by molar-refractivity contribution is 9.10. The van der Waals surface area contributed by atoms with Gasteiger partial charge in [0.1, 0.15) is 5.75 Å². The summed E-state index contributed by atoms with van der Waals surface area (Å²) in [5.41, 5.74) is 4.21. The van der Waals surface area contributed by atoms with Crippen LogP contribution in [0.15, 0.2) is 102 Å². The Morgan fingerprint density at radius 3 is 2.17 bits per heavy atom. The average molecular weight is 530 g/mol. The number of hydrogen-bond donors (Lipinski definition) is 3. The highest BCUT2D eigenvalue weighted by Gasteiger charge is 2.14. The predicted octanol–water partition coefficient (Wildman–Crippen LogP) is 6.77. The molecule has 0 aliphatic rings. The number of ether oxygens (including phenoxy) is 1. The molecule has 0 spiro atoms. The number of amides is 2. The lowest BCUT2D eigenvalue weighted by Crippen LogP contribution is -2.23. The van der Waals surface area contributed by atoms with Gasteiger partial charge in [-0.05, 0) is 79.2 Å². The SMILES string of the molecule is Cc1cc(Br)ccc1OCC(=O)Nc1ccccc1C(=O)Nc1ccc(Nc2ccccc2)cc1. The van der Waals surface area contributed by atoms with Crippen LogP contribution in [0.5, 0.6) is 5.75 Å². The number of carbonyl (C=O) groups is 2. The van der Waals surface area contributed by atoms with Gasteiger partial charge in [0.2, 0.25) is 0 Å². The van der Waals surface area contributed by atoms with E-state index < -0.39 is 0 Å². The van der Waals surface area contributed by atoms with Crippen LogP contribution < -0.4 is 20.7 Å². The molecule has 0 bridgehead atoms. The van der Waals surface area contributed by atoms with E-state index in [0.717, 1.165) is 21.4 Å². The van der Waals surface area contributed by atoms with Crippen molar-refractivity contribution < 1.29 is 14.3 Å². The summed E-state index contributed by atoms with van der Waals surface area (Å²) in [6, 6.07) is 29.7. The van der Waals surface area contributed by atoms with Crippen molar-refractivity contribution >= 4 is 50.5 Å². The van der Waals surface area contributed by atoms with E-state index in [1.807, 2.05) is 73.7 Å². The van der Waals surface area contributed by atoms with Crippen LogP contribution >= 0.6 is 15.9 Å². The molecule has 6 nitrogen and oxygen atoms in total. The zero-order valence-electron chi connectivity index (χ0n) is 19.0. The Balaban J connectivity index is 1.37. The van der Waals surface area contributed by atoms with E-state index in [1.165, 1.54) is 0 Å².